The topological polar surface area (TPSA) is 33.1 Å². The molecule has 0 bridgehead atoms. The lowest BCUT2D eigenvalue weighted by atomic mass is 10.0. The monoisotopic (exact) mass is 269 g/mol. The predicted molar refractivity (Wildman–Crippen MR) is 78.6 cm³/mol. The fraction of sp³-hybridized carbons (Fsp3) is 0.0625. The third-order valence-electron chi connectivity index (χ3n) is 3.18. The Kier molecular flexibility index (Phi) is 2.88. The number of aromatic nitrogens is 1. The SMILES string of the molecule is Cc1ccnc(-c2ccc3cc(O)ccc3c2)c1Cl. The molecule has 2 aromatic carbocycles. The summed E-state index contributed by atoms with van der Waals surface area (Å²) in [4.78, 5) is 4.35. The van der Waals surface area contributed by atoms with Gasteiger partial charge in [-0.25, -0.2) is 0 Å². The smallest absolute Gasteiger partial charge is 0.116 e. The minimum atomic E-state index is 0.270. The largest absolute Gasteiger partial charge is 0.508 e. The van der Waals surface area contributed by atoms with Crippen LogP contribution in [0.1, 0.15) is 5.56 Å². The van der Waals surface area contributed by atoms with Gasteiger partial charge in [-0.15, -0.1) is 0 Å². The fourth-order valence-electron chi connectivity index (χ4n) is 2.12. The van der Waals surface area contributed by atoms with Gasteiger partial charge in [0, 0.05) is 11.8 Å². The van der Waals surface area contributed by atoms with Gasteiger partial charge in [-0.05, 0) is 47.5 Å². The van der Waals surface area contributed by atoms with Crippen molar-refractivity contribution in [3.63, 3.8) is 0 Å². The van der Waals surface area contributed by atoms with Crippen molar-refractivity contribution in [2.24, 2.45) is 0 Å². The van der Waals surface area contributed by atoms with Crippen molar-refractivity contribution in [2.45, 2.75) is 6.92 Å². The van der Waals surface area contributed by atoms with Crippen LogP contribution in [0.3, 0.4) is 0 Å². The van der Waals surface area contributed by atoms with Crippen LogP contribution in [-0.4, -0.2) is 10.1 Å². The molecule has 0 amide bonds. The molecular formula is C16H12ClNO. The molecule has 2 nitrogen and oxygen atoms in total. The zero-order valence-corrected chi connectivity index (χ0v) is 11.1. The van der Waals surface area contributed by atoms with Gasteiger partial charge in [-0.2, -0.15) is 0 Å². The molecule has 1 N–H and O–H groups in total. The number of hydrogen-bond acceptors (Lipinski definition) is 2. The molecular weight excluding hydrogens is 258 g/mol. The summed E-state index contributed by atoms with van der Waals surface area (Å²) in [5, 5.41) is 12.2. The van der Waals surface area contributed by atoms with Crippen LogP contribution >= 0.6 is 11.6 Å². The molecule has 94 valence electrons. The molecule has 0 radical (unpaired) electrons. The lowest BCUT2D eigenvalue weighted by Crippen LogP contribution is -1.87. The summed E-state index contributed by atoms with van der Waals surface area (Å²) in [5.41, 5.74) is 2.78. The molecule has 1 aromatic heterocycles. The zero-order chi connectivity index (χ0) is 13.4. The van der Waals surface area contributed by atoms with Crippen LogP contribution in [0.15, 0.2) is 48.7 Å². The third-order valence-corrected chi connectivity index (χ3v) is 3.66. The van der Waals surface area contributed by atoms with Crippen molar-refractivity contribution in [1.29, 1.82) is 0 Å². The van der Waals surface area contributed by atoms with E-state index < -0.39 is 0 Å². The molecule has 0 aliphatic rings. The Morgan fingerprint density at radius 3 is 2.58 bits per heavy atom. The van der Waals surface area contributed by atoms with Gasteiger partial charge >= 0.3 is 0 Å². The van der Waals surface area contributed by atoms with E-state index >= 15 is 0 Å². The maximum Gasteiger partial charge on any atom is 0.116 e. The second kappa shape index (κ2) is 4.56. The van der Waals surface area contributed by atoms with Crippen LogP contribution in [0.2, 0.25) is 5.02 Å². The number of phenols is 1. The van der Waals surface area contributed by atoms with Crippen molar-refractivity contribution in [3.8, 4) is 17.0 Å². The number of halogens is 1. The lowest BCUT2D eigenvalue weighted by Gasteiger charge is -2.07. The Morgan fingerprint density at radius 2 is 1.74 bits per heavy atom. The first kappa shape index (κ1) is 12.0. The maximum atomic E-state index is 9.46. The van der Waals surface area contributed by atoms with Crippen LogP contribution < -0.4 is 0 Å². The van der Waals surface area contributed by atoms with E-state index in [-0.39, 0.29) is 5.75 Å². The normalized spacial score (nSPS) is 10.8. The Labute approximate surface area is 116 Å². The van der Waals surface area contributed by atoms with Gasteiger partial charge in [0.2, 0.25) is 0 Å². The molecule has 1 heterocycles. The highest BCUT2D eigenvalue weighted by molar-refractivity contribution is 6.33. The molecule has 3 aromatic rings. The van der Waals surface area contributed by atoms with E-state index in [0.29, 0.717) is 5.02 Å². The molecule has 0 fully saturated rings. The quantitative estimate of drug-likeness (QED) is 0.702. The first-order valence-corrected chi connectivity index (χ1v) is 6.37. The predicted octanol–water partition coefficient (Wildman–Crippen LogP) is 4.57. The average Bonchev–Trinajstić information content (AvgIpc) is 2.41. The van der Waals surface area contributed by atoms with E-state index in [1.165, 1.54) is 0 Å². The summed E-state index contributed by atoms with van der Waals surface area (Å²) in [6, 6.07) is 13.2. The standard InChI is InChI=1S/C16H12ClNO/c1-10-6-7-18-16(15(10)17)13-3-2-12-9-14(19)5-4-11(12)8-13/h2-9,19H,1H3. The zero-order valence-electron chi connectivity index (χ0n) is 10.4. The summed E-state index contributed by atoms with van der Waals surface area (Å²) in [6.45, 7) is 1.96. The molecule has 0 unspecified atom stereocenters. The van der Waals surface area contributed by atoms with E-state index in [1.54, 1.807) is 18.3 Å². The average molecular weight is 270 g/mol. The molecule has 0 saturated heterocycles. The van der Waals surface area contributed by atoms with Crippen LogP contribution in [-0.2, 0) is 0 Å². The van der Waals surface area contributed by atoms with Gasteiger partial charge in [0.05, 0.1) is 10.7 Å². The number of rotatable bonds is 1. The minimum absolute atomic E-state index is 0.270. The number of nitrogens with zero attached hydrogens (tertiary/aromatic N) is 1. The van der Waals surface area contributed by atoms with Crippen LogP contribution in [0.5, 0.6) is 5.75 Å². The highest BCUT2D eigenvalue weighted by atomic mass is 35.5. The molecule has 0 aliphatic carbocycles. The van der Waals surface area contributed by atoms with E-state index in [0.717, 1.165) is 27.6 Å². The minimum Gasteiger partial charge on any atom is -0.508 e. The maximum absolute atomic E-state index is 9.46. The molecule has 0 atom stereocenters. The van der Waals surface area contributed by atoms with Crippen molar-refractivity contribution >= 4 is 22.4 Å². The van der Waals surface area contributed by atoms with Crippen LogP contribution in [0, 0.1) is 6.92 Å². The highest BCUT2D eigenvalue weighted by Crippen LogP contribution is 2.31. The summed E-state index contributed by atoms with van der Waals surface area (Å²) < 4.78 is 0. The van der Waals surface area contributed by atoms with Crippen LogP contribution in [0.4, 0.5) is 0 Å². The number of pyridine rings is 1. The molecule has 3 rings (SSSR count). The van der Waals surface area contributed by atoms with Gasteiger partial charge in [0.1, 0.15) is 5.75 Å². The Bertz CT molecular complexity index is 768. The Morgan fingerprint density at radius 1 is 1.00 bits per heavy atom. The molecule has 3 heteroatoms. The van der Waals surface area contributed by atoms with Gasteiger partial charge in [-0.1, -0.05) is 29.8 Å². The number of hydrogen-bond donors (Lipinski definition) is 1. The van der Waals surface area contributed by atoms with E-state index in [9.17, 15) is 5.11 Å². The van der Waals surface area contributed by atoms with Crippen LogP contribution in [0.25, 0.3) is 22.0 Å². The van der Waals surface area contributed by atoms with Crippen molar-refractivity contribution < 1.29 is 5.11 Å². The third kappa shape index (κ3) is 2.15. The fourth-order valence-corrected chi connectivity index (χ4v) is 2.34. The number of aromatic hydroxyl groups is 1. The first-order valence-electron chi connectivity index (χ1n) is 5.99. The summed E-state index contributed by atoms with van der Waals surface area (Å²) in [7, 11) is 0. The molecule has 0 aliphatic heterocycles. The van der Waals surface area contributed by atoms with E-state index in [1.807, 2.05) is 37.3 Å². The van der Waals surface area contributed by atoms with Crippen molar-refractivity contribution in [1.82, 2.24) is 4.98 Å². The molecule has 0 saturated carbocycles. The second-order valence-electron chi connectivity index (χ2n) is 4.54. The van der Waals surface area contributed by atoms with E-state index in [4.69, 9.17) is 11.6 Å². The van der Waals surface area contributed by atoms with E-state index in [2.05, 4.69) is 4.98 Å². The molecule has 19 heavy (non-hydrogen) atoms. The van der Waals surface area contributed by atoms with Gasteiger partial charge < -0.3 is 5.11 Å². The summed E-state index contributed by atoms with van der Waals surface area (Å²) in [5.74, 6) is 0.270. The Balaban J connectivity index is 2.20. The Hall–Kier alpha value is -2.06. The summed E-state index contributed by atoms with van der Waals surface area (Å²) in [6.07, 6.45) is 1.76. The lowest BCUT2D eigenvalue weighted by molar-refractivity contribution is 0.476. The van der Waals surface area contributed by atoms with Gasteiger partial charge in [-0.3, -0.25) is 4.98 Å². The summed E-state index contributed by atoms with van der Waals surface area (Å²) >= 11 is 6.30. The van der Waals surface area contributed by atoms with Crippen molar-refractivity contribution in [2.75, 3.05) is 0 Å². The number of benzene rings is 2. The number of fused-ring (bicyclic) bond motifs is 1. The van der Waals surface area contributed by atoms with Gasteiger partial charge in [0.15, 0.2) is 0 Å². The second-order valence-corrected chi connectivity index (χ2v) is 4.91. The highest BCUT2D eigenvalue weighted by Gasteiger charge is 2.08. The first-order chi connectivity index (χ1) is 9.15. The number of aryl methyl sites for hydroxylation is 1. The van der Waals surface area contributed by atoms with Crippen molar-refractivity contribution in [3.05, 3.63) is 59.2 Å². The molecule has 0 spiro atoms. The number of phenolic OH excluding ortho intramolecular Hbond substituents is 1. The van der Waals surface area contributed by atoms with Gasteiger partial charge in [0.25, 0.3) is 0 Å².